The summed E-state index contributed by atoms with van der Waals surface area (Å²) in [4.78, 5) is 36.1. The predicted molar refractivity (Wildman–Crippen MR) is 148 cm³/mol. The summed E-state index contributed by atoms with van der Waals surface area (Å²) in [5.74, 6) is -1.40. The number of pyridine rings is 2. The van der Waals surface area contributed by atoms with E-state index in [1.165, 1.54) is 9.47 Å². The summed E-state index contributed by atoms with van der Waals surface area (Å²) >= 11 is 0. The summed E-state index contributed by atoms with van der Waals surface area (Å²) < 4.78 is 72.2. The van der Waals surface area contributed by atoms with Gasteiger partial charge in [-0.05, 0) is 31.0 Å². The average Bonchev–Trinajstić information content (AvgIpc) is 3.83. The number of hydrogen-bond donors (Lipinski definition) is 0. The number of aromatic nitrogens is 2. The standard InChI is InChI=1S/C29H31F4N5O4/c30-22-17-20-25(24(29(31,32)33)26(22)37-9-7-36(8-10-37)23-3-1-2-6-34-23)38(19-4-5-19)18-21(27(20)39)28(40)42-16-13-35-11-14-41-15-12-35/h1-3,6,17-19H,4-5,7-16H2. The van der Waals surface area contributed by atoms with Gasteiger partial charge in [-0.2, -0.15) is 13.2 Å². The van der Waals surface area contributed by atoms with E-state index in [0.717, 1.165) is 12.3 Å². The van der Waals surface area contributed by atoms with Crippen LogP contribution in [0.5, 0.6) is 0 Å². The van der Waals surface area contributed by atoms with E-state index in [9.17, 15) is 22.8 Å². The Morgan fingerprint density at radius 2 is 1.76 bits per heavy atom. The van der Waals surface area contributed by atoms with Crippen molar-refractivity contribution in [2.75, 3.05) is 75.4 Å². The molecule has 0 spiro atoms. The highest BCUT2D eigenvalue weighted by Gasteiger charge is 2.42. The number of hydrogen-bond acceptors (Lipinski definition) is 8. The van der Waals surface area contributed by atoms with Crippen molar-refractivity contribution < 1.29 is 31.8 Å². The first-order valence-electron chi connectivity index (χ1n) is 14.1. The lowest BCUT2D eigenvalue weighted by molar-refractivity contribution is -0.136. The number of halogens is 4. The van der Waals surface area contributed by atoms with Crippen LogP contribution in [0.2, 0.25) is 0 Å². The van der Waals surface area contributed by atoms with Gasteiger partial charge in [-0.15, -0.1) is 0 Å². The van der Waals surface area contributed by atoms with E-state index in [4.69, 9.17) is 9.47 Å². The van der Waals surface area contributed by atoms with E-state index >= 15 is 4.39 Å². The van der Waals surface area contributed by atoms with Gasteiger partial charge < -0.3 is 23.8 Å². The van der Waals surface area contributed by atoms with Crippen LogP contribution in [0.3, 0.4) is 0 Å². The molecule has 2 saturated heterocycles. The number of piperazine rings is 1. The van der Waals surface area contributed by atoms with Gasteiger partial charge in [0.25, 0.3) is 0 Å². The highest BCUT2D eigenvalue weighted by atomic mass is 19.4. The third-order valence-electron chi connectivity index (χ3n) is 8.00. The van der Waals surface area contributed by atoms with E-state index in [1.807, 2.05) is 21.9 Å². The molecule has 13 heteroatoms. The maximum Gasteiger partial charge on any atom is 0.420 e. The van der Waals surface area contributed by atoms with Gasteiger partial charge in [0.15, 0.2) is 0 Å². The van der Waals surface area contributed by atoms with Gasteiger partial charge in [-0.3, -0.25) is 9.69 Å². The van der Waals surface area contributed by atoms with Gasteiger partial charge in [0.1, 0.15) is 29.4 Å². The average molecular weight is 590 g/mol. The van der Waals surface area contributed by atoms with Gasteiger partial charge in [-0.1, -0.05) is 6.07 Å². The molecule has 1 saturated carbocycles. The number of rotatable bonds is 7. The van der Waals surface area contributed by atoms with E-state index in [2.05, 4.69) is 4.98 Å². The Hall–Kier alpha value is -3.71. The molecule has 224 valence electrons. The van der Waals surface area contributed by atoms with E-state index in [-0.39, 0.29) is 25.7 Å². The molecule has 3 aliphatic rings. The number of carbonyl (C=O) groups excluding carboxylic acids is 1. The van der Waals surface area contributed by atoms with Crippen LogP contribution in [-0.4, -0.2) is 86.1 Å². The van der Waals surface area contributed by atoms with Crippen molar-refractivity contribution in [2.24, 2.45) is 0 Å². The van der Waals surface area contributed by atoms with Crippen LogP contribution in [0.15, 0.2) is 41.5 Å². The molecule has 2 aliphatic heterocycles. The smallest absolute Gasteiger partial charge is 0.420 e. The minimum atomic E-state index is -4.96. The molecule has 0 radical (unpaired) electrons. The quantitative estimate of drug-likeness (QED) is 0.305. The fourth-order valence-electron chi connectivity index (χ4n) is 5.71. The lowest BCUT2D eigenvalue weighted by atomic mass is 10.0. The van der Waals surface area contributed by atoms with E-state index in [1.54, 1.807) is 12.3 Å². The van der Waals surface area contributed by atoms with Gasteiger partial charge in [0.2, 0.25) is 5.43 Å². The normalized spacial score (nSPS) is 18.5. The van der Waals surface area contributed by atoms with Crippen molar-refractivity contribution in [3.8, 4) is 0 Å². The zero-order valence-corrected chi connectivity index (χ0v) is 22.9. The number of fused-ring (bicyclic) bond motifs is 1. The van der Waals surface area contributed by atoms with Crippen LogP contribution in [-0.2, 0) is 15.7 Å². The van der Waals surface area contributed by atoms with Crippen molar-refractivity contribution in [1.29, 1.82) is 0 Å². The second-order valence-electron chi connectivity index (χ2n) is 10.7. The number of carbonyl (C=O) groups is 1. The zero-order chi connectivity index (χ0) is 29.4. The van der Waals surface area contributed by atoms with Crippen molar-refractivity contribution >= 4 is 28.4 Å². The molecule has 3 fully saturated rings. The fraction of sp³-hybridized carbons (Fsp3) is 0.483. The molecular formula is C29H31F4N5O4. The number of nitrogens with zero attached hydrogens (tertiary/aromatic N) is 5. The van der Waals surface area contributed by atoms with Gasteiger partial charge >= 0.3 is 12.1 Å². The molecule has 1 aromatic carbocycles. The highest BCUT2D eigenvalue weighted by Crippen LogP contribution is 2.46. The summed E-state index contributed by atoms with van der Waals surface area (Å²) in [5, 5.41) is -0.481. The van der Waals surface area contributed by atoms with E-state index in [0.29, 0.717) is 64.6 Å². The predicted octanol–water partition coefficient (Wildman–Crippen LogP) is 3.70. The van der Waals surface area contributed by atoms with Crippen molar-refractivity contribution in [2.45, 2.75) is 25.1 Å². The number of anilines is 2. The molecule has 4 heterocycles. The van der Waals surface area contributed by atoms with Crippen LogP contribution in [0.4, 0.5) is 29.1 Å². The topological polar surface area (TPSA) is 80.1 Å². The Morgan fingerprint density at radius 1 is 1.05 bits per heavy atom. The summed E-state index contributed by atoms with van der Waals surface area (Å²) in [7, 11) is 0. The molecule has 3 aromatic rings. The van der Waals surface area contributed by atoms with Crippen LogP contribution in [0.1, 0.15) is 34.8 Å². The minimum absolute atomic E-state index is 0.00528. The Morgan fingerprint density at radius 3 is 2.40 bits per heavy atom. The third kappa shape index (κ3) is 5.67. The summed E-state index contributed by atoms with van der Waals surface area (Å²) in [6.45, 7) is 3.89. The van der Waals surface area contributed by atoms with Gasteiger partial charge in [0.05, 0.1) is 29.8 Å². The Labute approximate surface area is 239 Å². The maximum atomic E-state index is 15.7. The monoisotopic (exact) mass is 589 g/mol. The first-order chi connectivity index (χ1) is 20.2. The largest absolute Gasteiger partial charge is 0.461 e. The number of morpholine rings is 1. The fourth-order valence-corrected chi connectivity index (χ4v) is 5.71. The summed E-state index contributed by atoms with van der Waals surface area (Å²) in [5.41, 5.74) is -3.55. The van der Waals surface area contributed by atoms with E-state index < -0.39 is 51.1 Å². The summed E-state index contributed by atoms with van der Waals surface area (Å²) in [6, 6.07) is 5.91. The highest BCUT2D eigenvalue weighted by molar-refractivity contribution is 5.96. The Bertz CT molecular complexity index is 1510. The minimum Gasteiger partial charge on any atom is -0.461 e. The molecule has 0 bridgehead atoms. The molecule has 42 heavy (non-hydrogen) atoms. The molecule has 1 aliphatic carbocycles. The third-order valence-corrected chi connectivity index (χ3v) is 8.00. The summed E-state index contributed by atoms with van der Waals surface area (Å²) in [6.07, 6.45) is -1.00. The molecular weight excluding hydrogens is 558 g/mol. The number of esters is 1. The number of benzene rings is 1. The van der Waals surface area contributed by atoms with Crippen molar-refractivity contribution in [1.82, 2.24) is 14.5 Å². The van der Waals surface area contributed by atoms with Gasteiger partial charge in [-0.25, -0.2) is 14.2 Å². The van der Waals surface area contributed by atoms with Crippen LogP contribution in [0.25, 0.3) is 10.9 Å². The van der Waals surface area contributed by atoms with Crippen molar-refractivity contribution in [3.63, 3.8) is 0 Å². The molecule has 6 rings (SSSR count). The second-order valence-corrected chi connectivity index (χ2v) is 10.7. The lowest BCUT2D eigenvalue weighted by Crippen LogP contribution is -2.47. The number of alkyl halides is 3. The van der Waals surface area contributed by atoms with Crippen LogP contribution < -0.4 is 15.2 Å². The second kappa shape index (κ2) is 11.5. The first-order valence-corrected chi connectivity index (χ1v) is 14.1. The first kappa shape index (κ1) is 28.4. The lowest BCUT2D eigenvalue weighted by Gasteiger charge is -2.38. The molecule has 0 N–H and O–H groups in total. The maximum absolute atomic E-state index is 15.7. The Balaban J connectivity index is 1.35. The molecule has 2 aromatic heterocycles. The zero-order valence-electron chi connectivity index (χ0n) is 22.9. The van der Waals surface area contributed by atoms with Gasteiger partial charge in [0, 0.05) is 64.2 Å². The SMILES string of the molecule is O=C(OCCN1CCOCC1)c1cn(C2CC2)c2c(C(F)(F)F)c(N3CCN(c4ccccn4)CC3)c(F)cc2c1=O. The van der Waals surface area contributed by atoms with Crippen molar-refractivity contribution in [3.05, 3.63) is 63.8 Å². The van der Waals surface area contributed by atoms with Crippen LogP contribution in [0, 0.1) is 5.82 Å². The molecule has 0 unspecified atom stereocenters. The molecule has 9 nitrogen and oxygen atoms in total. The molecule has 0 atom stereocenters. The molecule has 0 amide bonds. The number of ether oxygens (including phenoxy) is 2. The van der Waals surface area contributed by atoms with Crippen LogP contribution >= 0.6 is 0 Å². The Kier molecular flexibility index (Phi) is 7.79.